The Bertz CT molecular complexity index is 590. The van der Waals surface area contributed by atoms with Crippen LogP contribution in [-0.4, -0.2) is 29.3 Å². The Morgan fingerprint density at radius 3 is 2.77 bits per heavy atom. The van der Waals surface area contributed by atoms with Crippen molar-refractivity contribution in [3.8, 4) is 5.75 Å². The second-order valence-corrected chi connectivity index (χ2v) is 5.64. The van der Waals surface area contributed by atoms with E-state index in [2.05, 4.69) is 11.5 Å². The summed E-state index contributed by atoms with van der Waals surface area (Å²) in [6, 6.07) is 11.7. The monoisotopic (exact) mass is 301 g/mol. The summed E-state index contributed by atoms with van der Waals surface area (Å²) in [6.45, 7) is 7.22. The lowest BCUT2D eigenvalue weighted by atomic mass is 10.1. The molecule has 0 fully saturated rings. The van der Waals surface area contributed by atoms with Crippen molar-refractivity contribution in [1.82, 2.24) is 4.90 Å². The van der Waals surface area contributed by atoms with Crippen LogP contribution in [0.3, 0.4) is 0 Å². The summed E-state index contributed by atoms with van der Waals surface area (Å²) < 4.78 is 10.7. The van der Waals surface area contributed by atoms with Crippen LogP contribution in [0.25, 0.3) is 0 Å². The van der Waals surface area contributed by atoms with E-state index in [1.54, 1.807) is 26.4 Å². The van der Waals surface area contributed by atoms with E-state index in [1.165, 1.54) is 0 Å². The first-order valence-electron chi connectivity index (χ1n) is 7.26. The summed E-state index contributed by atoms with van der Waals surface area (Å²) in [5.74, 6) is 1.69. The summed E-state index contributed by atoms with van der Waals surface area (Å²) in [4.78, 5) is 2.12. The highest BCUT2D eigenvalue weighted by atomic mass is 16.5. The normalized spacial score (nSPS) is 13.8. The maximum Gasteiger partial charge on any atom is 0.119 e. The zero-order valence-electron chi connectivity index (χ0n) is 13.2. The number of rotatable bonds is 8. The molecule has 0 aliphatic heterocycles. The summed E-state index contributed by atoms with van der Waals surface area (Å²) in [7, 11) is 1.65. The van der Waals surface area contributed by atoms with Crippen molar-refractivity contribution in [2.75, 3.05) is 13.7 Å². The predicted molar refractivity (Wildman–Crippen MR) is 86.6 cm³/mol. The van der Waals surface area contributed by atoms with Gasteiger partial charge in [0.05, 0.1) is 25.5 Å². The Labute approximate surface area is 131 Å². The molecule has 0 aliphatic carbocycles. The molecule has 0 amide bonds. The van der Waals surface area contributed by atoms with Crippen LogP contribution in [0.15, 0.2) is 59.7 Å². The van der Waals surface area contributed by atoms with E-state index in [9.17, 15) is 5.11 Å². The molecular formula is C18H23NO3. The molecule has 2 aromatic rings. The van der Waals surface area contributed by atoms with Crippen LogP contribution in [0.2, 0.25) is 0 Å². The SMILES string of the molecule is C=CC(C)(O)CN(Cc1cccc(OC)c1)Cc1ccco1. The Balaban J connectivity index is 2.13. The molecule has 4 nitrogen and oxygen atoms in total. The van der Waals surface area contributed by atoms with Crippen molar-refractivity contribution in [2.24, 2.45) is 0 Å². The molecule has 0 bridgehead atoms. The number of hydrogen-bond donors (Lipinski definition) is 1. The zero-order valence-corrected chi connectivity index (χ0v) is 13.2. The van der Waals surface area contributed by atoms with Crippen molar-refractivity contribution in [2.45, 2.75) is 25.6 Å². The largest absolute Gasteiger partial charge is 0.497 e. The van der Waals surface area contributed by atoms with Gasteiger partial charge in [-0.3, -0.25) is 4.90 Å². The van der Waals surface area contributed by atoms with Crippen LogP contribution in [0.4, 0.5) is 0 Å². The molecule has 4 heteroatoms. The number of ether oxygens (including phenoxy) is 1. The fourth-order valence-corrected chi connectivity index (χ4v) is 2.34. The molecule has 2 rings (SSSR count). The number of nitrogens with zero attached hydrogens (tertiary/aromatic N) is 1. The fraction of sp³-hybridized carbons (Fsp3) is 0.333. The van der Waals surface area contributed by atoms with Crippen LogP contribution < -0.4 is 4.74 Å². The maximum atomic E-state index is 10.3. The van der Waals surface area contributed by atoms with E-state index in [1.807, 2.05) is 36.4 Å². The van der Waals surface area contributed by atoms with Gasteiger partial charge in [-0.1, -0.05) is 18.2 Å². The molecular weight excluding hydrogens is 278 g/mol. The van der Waals surface area contributed by atoms with Crippen LogP contribution >= 0.6 is 0 Å². The highest BCUT2D eigenvalue weighted by Crippen LogP contribution is 2.18. The van der Waals surface area contributed by atoms with E-state index in [-0.39, 0.29) is 0 Å². The van der Waals surface area contributed by atoms with Gasteiger partial charge in [0.25, 0.3) is 0 Å². The van der Waals surface area contributed by atoms with Gasteiger partial charge < -0.3 is 14.3 Å². The van der Waals surface area contributed by atoms with Gasteiger partial charge in [0.15, 0.2) is 0 Å². The van der Waals surface area contributed by atoms with E-state index >= 15 is 0 Å². The second kappa shape index (κ2) is 7.29. The van der Waals surface area contributed by atoms with Crippen LogP contribution in [-0.2, 0) is 13.1 Å². The Hall–Kier alpha value is -2.04. The minimum Gasteiger partial charge on any atom is -0.497 e. The molecule has 1 atom stereocenters. The van der Waals surface area contributed by atoms with Gasteiger partial charge in [0.1, 0.15) is 11.5 Å². The second-order valence-electron chi connectivity index (χ2n) is 5.64. The molecule has 118 valence electrons. The van der Waals surface area contributed by atoms with Crippen molar-refractivity contribution in [3.63, 3.8) is 0 Å². The molecule has 1 N–H and O–H groups in total. The quantitative estimate of drug-likeness (QED) is 0.760. The van der Waals surface area contributed by atoms with Gasteiger partial charge >= 0.3 is 0 Å². The fourth-order valence-electron chi connectivity index (χ4n) is 2.34. The molecule has 1 heterocycles. The average molecular weight is 301 g/mol. The van der Waals surface area contributed by atoms with Crippen LogP contribution in [0.5, 0.6) is 5.75 Å². The molecule has 1 aromatic carbocycles. The van der Waals surface area contributed by atoms with Gasteiger partial charge in [-0.05, 0) is 36.8 Å². The van der Waals surface area contributed by atoms with Gasteiger partial charge in [-0.2, -0.15) is 0 Å². The molecule has 1 unspecified atom stereocenters. The van der Waals surface area contributed by atoms with Gasteiger partial charge in [-0.15, -0.1) is 6.58 Å². The standard InChI is InChI=1S/C18H23NO3/c1-4-18(2,20)14-19(13-17-9-6-10-22-17)12-15-7-5-8-16(11-15)21-3/h4-11,20H,1,12-14H2,2-3H3. The highest BCUT2D eigenvalue weighted by molar-refractivity contribution is 5.28. The van der Waals surface area contributed by atoms with E-state index in [4.69, 9.17) is 9.15 Å². The molecule has 0 aliphatic rings. The van der Waals surface area contributed by atoms with Gasteiger partial charge in [0.2, 0.25) is 0 Å². The highest BCUT2D eigenvalue weighted by Gasteiger charge is 2.21. The minimum atomic E-state index is -0.953. The molecule has 0 radical (unpaired) electrons. The third kappa shape index (κ3) is 4.76. The van der Waals surface area contributed by atoms with E-state index in [0.717, 1.165) is 17.1 Å². The van der Waals surface area contributed by atoms with Gasteiger partial charge in [0, 0.05) is 13.1 Å². The first-order valence-corrected chi connectivity index (χ1v) is 7.26. The summed E-state index contributed by atoms with van der Waals surface area (Å²) in [5, 5.41) is 10.3. The average Bonchev–Trinajstić information content (AvgIpc) is 3.00. The van der Waals surface area contributed by atoms with Crippen molar-refractivity contribution >= 4 is 0 Å². The molecule has 0 saturated carbocycles. The Morgan fingerprint density at radius 2 is 2.14 bits per heavy atom. The number of hydrogen-bond acceptors (Lipinski definition) is 4. The summed E-state index contributed by atoms with van der Waals surface area (Å²) >= 11 is 0. The lowest BCUT2D eigenvalue weighted by molar-refractivity contribution is 0.0529. The van der Waals surface area contributed by atoms with Crippen molar-refractivity contribution in [3.05, 3.63) is 66.6 Å². The lowest BCUT2D eigenvalue weighted by Crippen LogP contribution is -2.38. The van der Waals surface area contributed by atoms with Crippen molar-refractivity contribution < 1.29 is 14.3 Å². The smallest absolute Gasteiger partial charge is 0.119 e. The Morgan fingerprint density at radius 1 is 1.32 bits per heavy atom. The van der Waals surface area contributed by atoms with Crippen LogP contribution in [0, 0.1) is 0 Å². The third-order valence-corrected chi connectivity index (χ3v) is 3.48. The van der Waals surface area contributed by atoms with Crippen LogP contribution in [0.1, 0.15) is 18.2 Å². The molecule has 0 saturated heterocycles. The maximum absolute atomic E-state index is 10.3. The molecule has 22 heavy (non-hydrogen) atoms. The van der Waals surface area contributed by atoms with Gasteiger partial charge in [-0.25, -0.2) is 0 Å². The lowest BCUT2D eigenvalue weighted by Gasteiger charge is -2.29. The number of aliphatic hydroxyl groups is 1. The number of benzene rings is 1. The summed E-state index contributed by atoms with van der Waals surface area (Å²) in [5.41, 5.74) is 0.164. The summed E-state index contributed by atoms with van der Waals surface area (Å²) in [6.07, 6.45) is 3.22. The molecule has 0 spiro atoms. The van der Waals surface area contributed by atoms with E-state index in [0.29, 0.717) is 19.6 Å². The van der Waals surface area contributed by atoms with Crippen molar-refractivity contribution in [1.29, 1.82) is 0 Å². The predicted octanol–water partition coefficient (Wildman–Crippen LogP) is 3.23. The minimum absolute atomic E-state index is 0.467. The first kappa shape index (κ1) is 16.3. The number of furan rings is 1. The zero-order chi connectivity index (χ0) is 16.0. The number of methoxy groups -OCH3 is 1. The third-order valence-electron chi connectivity index (χ3n) is 3.48. The first-order chi connectivity index (χ1) is 10.5. The Kier molecular flexibility index (Phi) is 5.41. The topological polar surface area (TPSA) is 45.8 Å². The van der Waals surface area contributed by atoms with E-state index < -0.39 is 5.60 Å². The molecule has 1 aromatic heterocycles.